The predicted octanol–water partition coefficient (Wildman–Crippen LogP) is 1.80. The number of hydrogen-bond acceptors (Lipinski definition) is 5. The van der Waals surface area contributed by atoms with E-state index in [1.54, 1.807) is 6.07 Å². The van der Waals surface area contributed by atoms with Gasteiger partial charge in [0, 0.05) is 17.6 Å². The number of aromatic amines is 1. The van der Waals surface area contributed by atoms with Crippen LogP contribution < -0.4 is 17.0 Å². The first-order valence-corrected chi connectivity index (χ1v) is 6.84. The van der Waals surface area contributed by atoms with Gasteiger partial charge in [-0.25, -0.2) is 4.98 Å². The van der Waals surface area contributed by atoms with Gasteiger partial charge < -0.3 is 16.5 Å². The summed E-state index contributed by atoms with van der Waals surface area (Å²) in [4.78, 5) is 18.0. The first kappa shape index (κ1) is 13.9. The van der Waals surface area contributed by atoms with Gasteiger partial charge in [-0.15, -0.1) is 0 Å². The van der Waals surface area contributed by atoms with Crippen molar-refractivity contribution in [1.29, 1.82) is 0 Å². The van der Waals surface area contributed by atoms with Crippen molar-refractivity contribution in [2.45, 2.75) is 10.4 Å². The van der Waals surface area contributed by atoms with Crippen molar-refractivity contribution in [3.8, 4) is 0 Å². The van der Waals surface area contributed by atoms with E-state index in [0.29, 0.717) is 16.7 Å². The van der Waals surface area contributed by atoms with Gasteiger partial charge >= 0.3 is 0 Å². The number of aromatic nitrogens is 2. The van der Waals surface area contributed by atoms with Gasteiger partial charge in [-0.05, 0) is 11.6 Å². The Balaban J connectivity index is 2.29. The third-order valence-electron chi connectivity index (χ3n) is 2.46. The Morgan fingerprint density at radius 3 is 2.79 bits per heavy atom. The van der Waals surface area contributed by atoms with Crippen LogP contribution in [0.25, 0.3) is 0 Å². The summed E-state index contributed by atoms with van der Waals surface area (Å²) in [7, 11) is 0. The van der Waals surface area contributed by atoms with E-state index in [1.807, 2.05) is 18.2 Å². The smallest absolute Gasteiger partial charge is 0.253 e. The number of hydrogen-bond donors (Lipinski definition) is 3. The topological polar surface area (TPSA) is 97.8 Å². The molecule has 0 amide bonds. The number of nitrogens with two attached hydrogens (primary N) is 2. The zero-order chi connectivity index (χ0) is 13.8. The van der Waals surface area contributed by atoms with E-state index in [0.717, 1.165) is 5.56 Å². The summed E-state index contributed by atoms with van der Waals surface area (Å²) in [5.41, 5.74) is 11.9. The highest BCUT2D eigenvalue weighted by atomic mass is 35.5. The minimum Gasteiger partial charge on any atom is -0.383 e. The molecule has 0 saturated carbocycles. The van der Waals surface area contributed by atoms with Crippen LogP contribution in [0.3, 0.4) is 0 Å². The number of halogens is 1. The molecule has 19 heavy (non-hydrogen) atoms. The van der Waals surface area contributed by atoms with Crippen LogP contribution in [0.2, 0.25) is 5.02 Å². The Kier molecular flexibility index (Phi) is 4.47. The molecule has 2 rings (SSSR count). The standard InChI is InChI=1S/C12H13ClN4OS/c13-8-4-2-1-3-7(8)9(6-14)19-12-16-10(15)5-11(18)17-12/h1-5,9H,6,14H2,(H3,15,16,17,18). The molecule has 2 aromatic rings. The van der Waals surface area contributed by atoms with Crippen molar-refractivity contribution >= 4 is 29.2 Å². The lowest BCUT2D eigenvalue weighted by atomic mass is 10.1. The predicted molar refractivity (Wildman–Crippen MR) is 78.4 cm³/mol. The van der Waals surface area contributed by atoms with Crippen LogP contribution in [0, 0.1) is 0 Å². The molecule has 5 N–H and O–H groups in total. The van der Waals surface area contributed by atoms with Gasteiger partial charge in [0.2, 0.25) is 0 Å². The summed E-state index contributed by atoms with van der Waals surface area (Å²) in [5.74, 6) is 0.182. The molecule has 0 radical (unpaired) electrons. The van der Waals surface area contributed by atoms with Crippen molar-refractivity contribution in [2.24, 2.45) is 5.73 Å². The molecule has 0 aliphatic carbocycles. The SMILES string of the molecule is NCC(Sc1nc(N)cc(=O)[nH]1)c1ccccc1Cl. The van der Waals surface area contributed by atoms with E-state index in [-0.39, 0.29) is 16.6 Å². The highest BCUT2D eigenvalue weighted by molar-refractivity contribution is 7.99. The summed E-state index contributed by atoms with van der Waals surface area (Å²) < 4.78 is 0. The minimum absolute atomic E-state index is 0.0985. The summed E-state index contributed by atoms with van der Waals surface area (Å²) in [6.07, 6.45) is 0. The van der Waals surface area contributed by atoms with Crippen LogP contribution in [0.5, 0.6) is 0 Å². The maximum atomic E-state index is 11.3. The molecule has 1 unspecified atom stereocenters. The molecule has 1 heterocycles. The van der Waals surface area contributed by atoms with E-state index in [9.17, 15) is 4.79 Å². The zero-order valence-corrected chi connectivity index (χ0v) is 11.5. The van der Waals surface area contributed by atoms with E-state index in [4.69, 9.17) is 23.1 Å². The summed E-state index contributed by atoms with van der Waals surface area (Å²) in [6, 6.07) is 8.68. The van der Waals surface area contributed by atoms with E-state index >= 15 is 0 Å². The molecule has 0 fully saturated rings. The van der Waals surface area contributed by atoms with E-state index < -0.39 is 0 Å². The van der Waals surface area contributed by atoms with E-state index in [1.165, 1.54) is 17.8 Å². The van der Waals surface area contributed by atoms with Gasteiger partial charge in [-0.3, -0.25) is 4.79 Å². The normalized spacial score (nSPS) is 12.3. The maximum absolute atomic E-state index is 11.3. The second-order valence-electron chi connectivity index (χ2n) is 3.84. The lowest BCUT2D eigenvalue weighted by Gasteiger charge is -2.15. The van der Waals surface area contributed by atoms with Gasteiger partial charge in [0.05, 0.1) is 5.25 Å². The molecule has 7 heteroatoms. The zero-order valence-electron chi connectivity index (χ0n) is 9.97. The third kappa shape index (κ3) is 3.50. The fourth-order valence-corrected chi connectivity index (χ4v) is 2.97. The molecule has 1 atom stereocenters. The second kappa shape index (κ2) is 6.10. The summed E-state index contributed by atoms with van der Waals surface area (Å²) >= 11 is 7.47. The number of benzene rings is 1. The number of nitrogen functional groups attached to an aromatic ring is 1. The molecular weight excluding hydrogens is 284 g/mol. The van der Waals surface area contributed by atoms with Gasteiger partial charge in [0.15, 0.2) is 5.16 Å². The van der Waals surface area contributed by atoms with Crippen LogP contribution in [0.1, 0.15) is 10.8 Å². The lowest BCUT2D eigenvalue weighted by Crippen LogP contribution is -2.13. The highest BCUT2D eigenvalue weighted by Gasteiger charge is 2.16. The molecule has 100 valence electrons. The molecule has 5 nitrogen and oxygen atoms in total. The quantitative estimate of drug-likeness (QED) is 0.590. The third-order valence-corrected chi connectivity index (χ3v) is 3.95. The van der Waals surface area contributed by atoms with Crippen LogP contribution in [0.4, 0.5) is 5.82 Å². The van der Waals surface area contributed by atoms with Crippen molar-refractivity contribution in [1.82, 2.24) is 9.97 Å². The van der Waals surface area contributed by atoms with Crippen LogP contribution >= 0.6 is 23.4 Å². The van der Waals surface area contributed by atoms with Crippen molar-refractivity contribution < 1.29 is 0 Å². The monoisotopic (exact) mass is 296 g/mol. The van der Waals surface area contributed by atoms with Gasteiger partial charge in [-0.2, -0.15) is 0 Å². The number of nitrogens with one attached hydrogen (secondary N) is 1. The number of nitrogens with zero attached hydrogens (tertiary/aromatic N) is 1. The lowest BCUT2D eigenvalue weighted by molar-refractivity contribution is 0.901. The Hall–Kier alpha value is -1.50. The first-order chi connectivity index (χ1) is 9.10. The van der Waals surface area contributed by atoms with Gasteiger partial charge in [0.25, 0.3) is 5.56 Å². The second-order valence-corrected chi connectivity index (χ2v) is 5.44. The average molecular weight is 297 g/mol. The molecule has 0 spiro atoms. The van der Waals surface area contributed by atoms with Crippen molar-refractivity contribution in [3.63, 3.8) is 0 Å². The Morgan fingerprint density at radius 1 is 1.42 bits per heavy atom. The van der Waals surface area contributed by atoms with Crippen LogP contribution in [-0.4, -0.2) is 16.5 Å². The largest absolute Gasteiger partial charge is 0.383 e. The number of thioether (sulfide) groups is 1. The number of rotatable bonds is 4. The molecule has 0 aliphatic heterocycles. The van der Waals surface area contributed by atoms with Crippen LogP contribution in [0.15, 0.2) is 40.3 Å². The maximum Gasteiger partial charge on any atom is 0.253 e. The Bertz CT molecular complexity index is 631. The molecule has 0 bridgehead atoms. The fourth-order valence-electron chi connectivity index (χ4n) is 1.62. The van der Waals surface area contributed by atoms with Crippen molar-refractivity contribution in [3.05, 3.63) is 51.3 Å². The molecular formula is C12H13ClN4OS. The van der Waals surface area contributed by atoms with Gasteiger partial charge in [-0.1, -0.05) is 41.6 Å². The highest BCUT2D eigenvalue weighted by Crippen LogP contribution is 2.35. The van der Waals surface area contributed by atoms with E-state index in [2.05, 4.69) is 9.97 Å². The van der Waals surface area contributed by atoms with Crippen molar-refractivity contribution in [2.75, 3.05) is 12.3 Å². The minimum atomic E-state index is -0.287. The average Bonchev–Trinajstić information content (AvgIpc) is 2.36. The fraction of sp³-hybridized carbons (Fsp3) is 0.167. The first-order valence-electron chi connectivity index (χ1n) is 5.58. The number of H-pyrrole nitrogens is 1. The molecule has 1 aromatic heterocycles. The molecule has 0 saturated heterocycles. The summed E-state index contributed by atoms with van der Waals surface area (Å²) in [5, 5.41) is 0.968. The van der Waals surface area contributed by atoms with Gasteiger partial charge in [0.1, 0.15) is 5.82 Å². The Labute approximate surface area is 119 Å². The molecule has 0 aliphatic rings. The number of anilines is 1. The molecule has 1 aromatic carbocycles. The summed E-state index contributed by atoms with van der Waals surface area (Å²) in [6.45, 7) is 0.368. The Morgan fingerprint density at radius 2 is 2.16 bits per heavy atom. The van der Waals surface area contributed by atoms with Crippen LogP contribution in [-0.2, 0) is 0 Å².